The summed E-state index contributed by atoms with van der Waals surface area (Å²) in [4.78, 5) is 7.50. The van der Waals surface area contributed by atoms with Gasteiger partial charge in [0.15, 0.2) is 0 Å². The lowest BCUT2D eigenvalue weighted by atomic mass is 10.2. The number of nitrogens with one attached hydrogen (secondary N) is 1. The van der Waals surface area contributed by atoms with Gasteiger partial charge >= 0.3 is 0 Å². The Morgan fingerprint density at radius 2 is 2.10 bits per heavy atom. The van der Waals surface area contributed by atoms with Crippen LogP contribution >= 0.6 is 28.1 Å². The van der Waals surface area contributed by atoms with E-state index in [0.717, 1.165) is 16.8 Å². The molecule has 3 aromatic rings. The number of H-pyrrole nitrogens is 1. The molecule has 0 aliphatic heterocycles. The summed E-state index contributed by atoms with van der Waals surface area (Å²) < 4.78 is 15.9. The minimum Gasteiger partial charge on any atom is -0.339 e. The summed E-state index contributed by atoms with van der Waals surface area (Å²) in [6.07, 6.45) is 3.62. The molecule has 2 heterocycles. The van der Waals surface area contributed by atoms with Crippen LogP contribution in [-0.2, 0) is 7.05 Å². The second-order valence-electron chi connectivity index (χ2n) is 4.51. The maximum absolute atomic E-state index is 13.3. The molecule has 0 saturated heterocycles. The largest absolute Gasteiger partial charge is 0.339 e. The van der Waals surface area contributed by atoms with Crippen molar-refractivity contribution in [3.8, 4) is 22.6 Å². The quantitative estimate of drug-likeness (QED) is 0.696. The average molecular weight is 365 g/mol. The summed E-state index contributed by atoms with van der Waals surface area (Å²) in [5, 5.41) is 4.14. The molecule has 21 heavy (non-hydrogen) atoms. The minimum absolute atomic E-state index is 0.319. The molecule has 0 bridgehead atoms. The van der Waals surface area contributed by atoms with Crippen LogP contribution < -0.4 is 0 Å². The van der Waals surface area contributed by atoms with Crippen LogP contribution in [0.25, 0.3) is 22.6 Å². The van der Waals surface area contributed by atoms with Crippen LogP contribution in [0.2, 0.25) is 0 Å². The lowest BCUT2D eigenvalue weighted by Crippen LogP contribution is -1.93. The third-order valence-electron chi connectivity index (χ3n) is 2.95. The Hall–Kier alpha value is -1.86. The summed E-state index contributed by atoms with van der Waals surface area (Å²) in [6.45, 7) is 0. The zero-order valence-corrected chi connectivity index (χ0v) is 13.4. The highest BCUT2D eigenvalue weighted by atomic mass is 79.9. The lowest BCUT2D eigenvalue weighted by Gasteiger charge is -2.05. The van der Waals surface area contributed by atoms with Crippen molar-refractivity contribution in [2.45, 2.75) is 0 Å². The highest BCUT2D eigenvalue weighted by molar-refractivity contribution is 9.10. The smallest absolute Gasteiger partial charge is 0.139 e. The summed E-state index contributed by atoms with van der Waals surface area (Å²) in [5.74, 6) is 0.266. The third kappa shape index (κ3) is 2.93. The monoisotopic (exact) mass is 364 g/mol. The van der Waals surface area contributed by atoms with E-state index in [4.69, 9.17) is 12.2 Å². The number of aromatic amines is 1. The number of aromatic nitrogens is 4. The Morgan fingerprint density at radius 1 is 1.29 bits per heavy atom. The van der Waals surface area contributed by atoms with Crippen molar-refractivity contribution in [2.24, 2.45) is 7.05 Å². The predicted molar refractivity (Wildman–Crippen MR) is 84.7 cm³/mol. The second-order valence-corrected chi connectivity index (χ2v) is 5.79. The molecule has 4 nitrogen and oxygen atoms in total. The van der Waals surface area contributed by atoms with Crippen molar-refractivity contribution in [1.82, 2.24) is 19.7 Å². The van der Waals surface area contributed by atoms with Gasteiger partial charge in [0.1, 0.15) is 16.3 Å². The average Bonchev–Trinajstić information content (AvgIpc) is 2.88. The van der Waals surface area contributed by atoms with E-state index < -0.39 is 0 Å². The van der Waals surface area contributed by atoms with Gasteiger partial charge < -0.3 is 4.98 Å². The molecule has 0 atom stereocenters. The highest BCUT2D eigenvalue weighted by Crippen LogP contribution is 2.25. The summed E-state index contributed by atoms with van der Waals surface area (Å²) in [7, 11) is 1.84. The van der Waals surface area contributed by atoms with Crippen LogP contribution in [0.15, 0.2) is 41.1 Å². The minimum atomic E-state index is -0.319. The van der Waals surface area contributed by atoms with Crippen LogP contribution in [0.3, 0.4) is 0 Å². The molecule has 0 spiro atoms. The van der Waals surface area contributed by atoms with E-state index in [9.17, 15) is 4.39 Å². The summed E-state index contributed by atoms with van der Waals surface area (Å²) >= 11 is 8.38. The van der Waals surface area contributed by atoms with Crippen molar-refractivity contribution in [3.63, 3.8) is 0 Å². The fourth-order valence-electron chi connectivity index (χ4n) is 1.95. The van der Waals surface area contributed by atoms with Gasteiger partial charge in [-0.3, -0.25) is 4.68 Å². The molecular formula is C14H10BrFN4S. The molecule has 0 radical (unpaired) electrons. The van der Waals surface area contributed by atoms with E-state index in [1.165, 1.54) is 6.07 Å². The van der Waals surface area contributed by atoms with Crippen LogP contribution in [0.4, 0.5) is 4.39 Å². The topological polar surface area (TPSA) is 46.5 Å². The maximum Gasteiger partial charge on any atom is 0.139 e. The lowest BCUT2D eigenvalue weighted by molar-refractivity contribution is 0.621. The van der Waals surface area contributed by atoms with E-state index in [1.54, 1.807) is 29.1 Å². The van der Waals surface area contributed by atoms with Gasteiger partial charge in [-0.25, -0.2) is 9.37 Å². The first kappa shape index (κ1) is 14.1. The maximum atomic E-state index is 13.3. The number of nitrogens with zero attached hydrogens (tertiary/aromatic N) is 3. The van der Waals surface area contributed by atoms with E-state index in [2.05, 4.69) is 31.0 Å². The van der Waals surface area contributed by atoms with Crippen molar-refractivity contribution < 1.29 is 4.39 Å². The number of halogens is 2. The van der Waals surface area contributed by atoms with Gasteiger partial charge in [0.25, 0.3) is 0 Å². The predicted octanol–water partition coefficient (Wildman–Crippen LogP) is 4.11. The Bertz CT molecular complexity index is 871. The molecule has 2 aromatic heterocycles. The van der Waals surface area contributed by atoms with Gasteiger partial charge in [-0.15, -0.1) is 0 Å². The molecule has 1 aromatic carbocycles. The Balaban J connectivity index is 2.13. The van der Waals surface area contributed by atoms with Gasteiger partial charge in [0.2, 0.25) is 0 Å². The van der Waals surface area contributed by atoms with Crippen LogP contribution in [-0.4, -0.2) is 19.7 Å². The number of aryl methyl sites for hydroxylation is 1. The standard InChI is InChI=1S/C14H10BrFN4S/c1-20-7-9(6-17-20)12-5-13(21)19-14(18-12)8-2-3-11(16)10(15)4-8/h2-7H,1H3,(H,18,19,21). The van der Waals surface area contributed by atoms with Crippen molar-refractivity contribution >= 4 is 28.1 Å². The molecule has 106 valence electrons. The Morgan fingerprint density at radius 3 is 2.76 bits per heavy atom. The summed E-state index contributed by atoms with van der Waals surface area (Å²) in [5.41, 5.74) is 2.48. The third-order valence-corrected chi connectivity index (χ3v) is 3.77. The zero-order valence-electron chi connectivity index (χ0n) is 11.0. The van der Waals surface area contributed by atoms with E-state index in [1.807, 2.05) is 13.2 Å². The SMILES string of the molecule is Cn1cc(-c2cc(=S)nc(-c3ccc(F)c(Br)c3)[nH]2)cn1. The number of benzene rings is 1. The molecule has 1 N–H and O–H groups in total. The fraction of sp³-hybridized carbons (Fsp3) is 0.0714. The first-order valence-corrected chi connectivity index (χ1v) is 7.29. The Kier molecular flexibility index (Phi) is 3.69. The molecular weight excluding hydrogens is 355 g/mol. The molecule has 3 rings (SSSR count). The second kappa shape index (κ2) is 5.50. The summed E-state index contributed by atoms with van der Waals surface area (Å²) in [6, 6.07) is 6.47. The molecule has 0 unspecified atom stereocenters. The normalized spacial score (nSPS) is 10.8. The fourth-order valence-corrected chi connectivity index (χ4v) is 2.54. The first-order valence-electron chi connectivity index (χ1n) is 6.09. The molecule has 0 fully saturated rings. The zero-order chi connectivity index (χ0) is 15.0. The Labute approximate surface area is 133 Å². The van der Waals surface area contributed by atoms with Crippen molar-refractivity contribution in [3.05, 3.63) is 51.6 Å². The van der Waals surface area contributed by atoms with Crippen LogP contribution in [0.5, 0.6) is 0 Å². The van der Waals surface area contributed by atoms with E-state index in [0.29, 0.717) is 14.9 Å². The van der Waals surface area contributed by atoms with Gasteiger partial charge in [-0.2, -0.15) is 5.10 Å². The molecule has 0 aliphatic rings. The van der Waals surface area contributed by atoms with Crippen LogP contribution in [0, 0.1) is 10.5 Å². The van der Waals surface area contributed by atoms with Gasteiger partial charge in [-0.1, -0.05) is 12.2 Å². The van der Waals surface area contributed by atoms with Crippen molar-refractivity contribution in [2.75, 3.05) is 0 Å². The van der Waals surface area contributed by atoms with Gasteiger partial charge in [-0.05, 0) is 40.2 Å². The van der Waals surface area contributed by atoms with Gasteiger partial charge in [0.05, 0.1) is 16.4 Å². The van der Waals surface area contributed by atoms with Crippen molar-refractivity contribution in [1.29, 1.82) is 0 Å². The van der Waals surface area contributed by atoms with Gasteiger partial charge in [0, 0.05) is 24.4 Å². The molecule has 0 saturated carbocycles. The number of hydrogen-bond donors (Lipinski definition) is 1. The highest BCUT2D eigenvalue weighted by Gasteiger charge is 2.08. The first-order chi connectivity index (χ1) is 10.0. The molecule has 0 aliphatic carbocycles. The van der Waals surface area contributed by atoms with Crippen LogP contribution in [0.1, 0.15) is 0 Å². The van der Waals surface area contributed by atoms with E-state index in [-0.39, 0.29) is 5.82 Å². The molecule has 0 amide bonds. The molecule has 7 heteroatoms. The number of rotatable bonds is 2. The van der Waals surface area contributed by atoms with E-state index >= 15 is 0 Å². The number of hydrogen-bond acceptors (Lipinski definition) is 3.